The number of ether oxygens (including phenoxy) is 1. The number of carbonyl (C=O) groups is 1. The normalized spacial score (nSPS) is 15.0. The molecule has 1 fully saturated rings. The number of aliphatic imine (C=N–C) groups is 1. The molecule has 3 rings (SSSR count). The molecular formula is C24H33IN4O2. The lowest BCUT2D eigenvalue weighted by Gasteiger charge is -2.30. The highest BCUT2D eigenvalue weighted by Gasteiger charge is 2.35. The van der Waals surface area contributed by atoms with Crippen molar-refractivity contribution in [2.75, 3.05) is 26.0 Å². The number of hydrogen-bond acceptors (Lipinski definition) is 3. The van der Waals surface area contributed by atoms with Gasteiger partial charge < -0.3 is 20.7 Å². The zero-order chi connectivity index (χ0) is 21.4. The van der Waals surface area contributed by atoms with Crippen LogP contribution in [0.1, 0.15) is 43.7 Å². The van der Waals surface area contributed by atoms with E-state index in [2.05, 4.69) is 51.3 Å². The maximum atomic E-state index is 11.5. The topological polar surface area (TPSA) is 74.8 Å². The van der Waals surface area contributed by atoms with Gasteiger partial charge in [-0.1, -0.05) is 49.2 Å². The summed E-state index contributed by atoms with van der Waals surface area (Å²) in [5.41, 5.74) is 3.26. The van der Waals surface area contributed by atoms with E-state index in [1.165, 1.54) is 38.2 Å². The Kier molecular flexibility index (Phi) is 9.61. The second kappa shape index (κ2) is 11.9. The molecule has 0 aliphatic heterocycles. The summed E-state index contributed by atoms with van der Waals surface area (Å²) in [6.45, 7) is 2.94. The van der Waals surface area contributed by atoms with Crippen LogP contribution in [0.2, 0.25) is 0 Å². The summed E-state index contributed by atoms with van der Waals surface area (Å²) in [6.07, 6.45) is 4.92. The van der Waals surface area contributed by atoms with Gasteiger partial charge in [-0.25, -0.2) is 0 Å². The van der Waals surface area contributed by atoms with E-state index in [1.54, 1.807) is 14.2 Å². The van der Waals surface area contributed by atoms with Crippen molar-refractivity contribution in [2.24, 2.45) is 4.99 Å². The van der Waals surface area contributed by atoms with Gasteiger partial charge >= 0.3 is 0 Å². The zero-order valence-electron chi connectivity index (χ0n) is 18.5. The number of guanidine groups is 1. The number of benzene rings is 2. The van der Waals surface area contributed by atoms with Crippen LogP contribution in [-0.2, 0) is 16.8 Å². The number of hydrogen-bond donors (Lipinski definition) is 3. The molecule has 1 aliphatic rings. The smallest absolute Gasteiger partial charge is 0.221 e. The molecule has 0 atom stereocenters. The van der Waals surface area contributed by atoms with Crippen LogP contribution < -0.4 is 20.7 Å². The van der Waals surface area contributed by atoms with Crippen LogP contribution in [0.4, 0.5) is 5.69 Å². The van der Waals surface area contributed by atoms with Crippen molar-refractivity contribution >= 4 is 41.5 Å². The Bertz CT molecular complexity index is 880. The average molecular weight is 536 g/mol. The summed E-state index contributed by atoms with van der Waals surface area (Å²) >= 11 is 0. The van der Waals surface area contributed by atoms with Gasteiger partial charge in [0, 0.05) is 32.5 Å². The van der Waals surface area contributed by atoms with Crippen molar-refractivity contribution in [3.8, 4) is 5.75 Å². The molecular weight excluding hydrogens is 503 g/mol. The lowest BCUT2D eigenvalue weighted by molar-refractivity contribution is -0.114. The van der Waals surface area contributed by atoms with Gasteiger partial charge in [0.15, 0.2) is 5.96 Å². The molecule has 0 heterocycles. The van der Waals surface area contributed by atoms with Crippen LogP contribution in [0.5, 0.6) is 5.75 Å². The van der Waals surface area contributed by atoms with Crippen molar-refractivity contribution in [3.63, 3.8) is 0 Å². The van der Waals surface area contributed by atoms with Crippen molar-refractivity contribution < 1.29 is 9.53 Å². The molecule has 7 heteroatoms. The lowest BCUT2D eigenvalue weighted by atomic mass is 9.79. The summed E-state index contributed by atoms with van der Waals surface area (Å²) in [4.78, 5) is 15.8. The minimum atomic E-state index is -0.126. The first-order valence-corrected chi connectivity index (χ1v) is 10.5. The Hall–Kier alpha value is -2.29. The van der Waals surface area contributed by atoms with Gasteiger partial charge in [0.25, 0.3) is 0 Å². The Labute approximate surface area is 202 Å². The van der Waals surface area contributed by atoms with Crippen LogP contribution in [-0.4, -0.2) is 32.6 Å². The maximum Gasteiger partial charge on any atom is 0.221 e. The van der Waals surface area contributed by atoms with Crippen LogP contribution in [0.25, 0.3) is 0 Å². The predicted octanol–water partition coefficient (Wildman–Crippen LogP) is 4.45. The number of carbonyl (C=O) groups excluding carboxylic acids is 1. The second-order valence-corrected chi connectivity index (χ2v) is 7.85. The van der Waals surface area contributed by atoms with E-state index >= 15 is 0 Å². The van der Waals surface area contributed by atoms with Gasteiger partial charge in [-0.2, -0.15) is 0 Å². The summed E-state index contributed by atoms with van der Waals surface area (Å²) in [5, 5.41) is 9.73. The number of nitrogens with one attached hydrogen (secondary N) is 3. The number of amides is 1. The number of nitrogens with zero attached hydrogens (tertiary/aromatic N) is 1. The van der Waals surface area contributed by atoms with Crippen molar-refractivity contribution in [2.45, 2.75) is 44.6 Å². The number of halogens is 1. The van der Waals surface area contributed by atoms with E-state index in [9.17, 15) is 4.79 Å². The highest BCUT2D eigenvalue weighted by Crippen LogP contribution is 2.40. The SMILES string of the molecule is CN=C(NCc1ccc(OC)c(NC(C)=O)c1)NCC1(c2ccccc2)CCCC1.I. The molecule has 1 aliphatic carbocycles. The molecule has 6 nitrogen and oxygen atoms in total. The minimum Gasteiger partial charge on any atom is -0.495 e. The van der Waals surface area contributed by atoms with Gasteiger partial charge in [-0.15, -0.1) is 24.0 Å². The molecule has 0 bridgehead atoms. The molecule has 2 aromatic carbocycles. The van der Waals surface area contributed by atoms with E-state index in [4.69, 9.17) is 4.74 Å². The Morgan fingerprint density at radius 2 is 1.81 bits per heavy atom. The minimum absolute atomic E-state index is 0. The van der Waals surface area contributed by atoms with Gasteiger partial charge in [0.1, 0.15) is 5.75 Å². The molecule has 1 amide bonds. The second-order valence-electron chi connectivity index (χ2n) is 7.85. The fourth-order valence-corrected chi connectivity index (χ4v) is 4.22. The van der Waals surface area contributed by atoms with Crippen LogP contribution in [0, 0.1) is 0 Å². The van der Waals surface area contributed by atoms with Crippen LogP contribution in [0.15, 0.2) is 53.5 Å². The summed E-state index contributed by atoms with van der Waals surface area (Å²) in [6, 6.07) is 16.6. The zero-order valence-corrected chi connectivity index (χ0v) is 20.9. The average Bonchev–Trinajstić information content (AvgIpc) is 3.24. The molecule has 2 aromatic rings. The van der Waals surface area contributed by atoms with Crippen molar-refractivity contribution in [1.29, 1.82) is 0 Å². The van der Waals surface area contributed by atoms with Crippen molar-refractivity contribution in [3.05, 3.63) is 59.7 Å². The summed E-state index contributed by atoms with van der Waals surface area (Å²) in [7, 11) is 3.38. The van der Waals surface area contributed by atoms with E-state index in [1.807, 2.05) is 18.2 Å². The first kappa shape index (κ1) is 25.0. The Morgan fingerprint density at radius 3 is 2.42 bits per heavy atom. The first-order chi connectivity index (χ1) is 14.6. The molecule has 0 saturated heterocycles. The molecule has 0 radical (unpaired) electrons. The standard InChI is InChI=1S/C24H32N4O2.HI/c1-18(29)28-21-15-19(11-12-22(21)30-3)16-26-23(25-2)27-17-24(13-7-8-14-24)20-9-5-4-6-10-20;/h4-6,9-12,15H,7-8,13-14,16-17H2,1-3H3,(H,28,29)(H2,25,26,27);1H. The molecule has 3 N–H and O–H groups in total. The molecule has 0 spiro atoms. The largest absolute Gasteiger partial charge is 0.495 e. The van der Waals surface area contributed by atoms with Crippen LogP contribution in [0.3, 0.4) is 0 Å². The van der Waals surface area contributed by atoms with E-state index in [-0.39, 0.29) is 35.3 Å². The summed E-state index contributed by atoms with van der Waals surface area (Å²) in [5.74, 6) is 1.29. The number of methoxy groups -OCH3 is 1. The molecule has 168 valence electrons. The number of anilines is 1. The van der Waals surface area contributed by atoms with E-state index in [0.717, 1.165) is 18.1 Å². The third-order valence-corrected chi connectivity index (χ3v) is 5.80. The monoisotopic (exact) mass is 536 g/mol. The quantitative estimate of drug-likeness (QED) is 0.278. The summed E-state index contributed by atoms with van der Waals surface area (Å²) < 4.78 is 5.33. The third kappa shape index (κ3) is 6.59. The number of rotatable bonds is 7. The molecule has 31 heavy (non-hydrogen) atoms. The molecule has 0 aromatic heterocycles. The fraction of sp³-hybridized carbons (Fsp3) is 0.417. The highest BCUT2D eigenvalue weighted by atomic mass is 127. The predicted molar refractivity (Wildman–Crippen MR) is 138 cm³/mol. The van der Waals surface area contributed by atoms with Gasteiger partial charge in [-0.3, -0.25) is 9.79 Å². The Balaban J connectivity index is 0.00000341. The maximum absolute atomic E-state index is 11.5. The fourth-order valence-electron chi connectivity index (χ4n) is 4.22. The first-order valence-electron chi connectivity index (χ1n) is 10.5. The van der Waals surface area contributed by atoms with E-state index < -0.39 is 0 Å². The molecule has 0 unspecified atom stereocenters. The van der Waals surface area contributed by atoms with Crippen molar-refractivity contribution in [1.82, 2.24) is 10.6 Å². The van der Waals surface area contributed by atoms with Gasteiger partial charge in [0.05, 0.1) is 12.8 Å². The third-order valence-electron chi connectivity index (χ3n) is 5.80. The van der Waals surface area contributed by atoms with Gasteiger partial charge in [-0.05, 0) is 36.1 Å². The van der Waals surface area contributed by atoms with E-state index in [0.29, 0.717) is 18.0 Å². The highest BCUT2D eigenvalue weighted by molar-refractivity contribution is 14.0. The van der Waals surface area contributed by atoms with Gasteiger partial charge in [0.2, 0.25) is 5.91 Å². The lowest BCUT2D eigenvalue weighted by Crippen LogP contribution is -2.44. The molecule has 1 saturated carbocycles. The van der Waals surface area contributed by atoms with Crippen LogP contribution >= 0.6 is 24.0 Å². The Morgan fingerprint density at radius 1 is 1.10 bits per heavy atom.